The van der Waals surface area contributed by atoms with Crippen molar-refractivity contribution in [3.05, 3.63) is 23.9 Å². The van der Waals surface area contributed by atoms with Gasteiger partial charge in [0.15, 0.2) is 0 Å². The Balaban J connectivity index is 2.63. The number of rotatable bonds is 7. The van der Waals surface area contributed by atoms with Crippen LogP contribution in [0.2, 0.25) is 0 Å². The Hall–Kier alpha value is -1.62. The third-order valence-corrected chi connectivity index (χ3v) is 3.21. The lowest BCUT2D eigenvalue weighted by Crippen LogP contribution is -2.44. The number of ether oxygens (including phenoxy) is 1. The van der Waals surface area contributed by atoms with Crippen molar-refractivity contribution in [2.24, 2.45) is 11.7 Å². The predicted molar refractivity (Wildman–Crippen MR) is 79.3 cm³/mol. The number of nitrogens with one attached hydrogen (secondary N) is 1. The summed E-state index contributed by atoms with van der Waals surface area (Å²) in [5.74, 6) is 0.578. The minimum atomic E-state index is -0.480. The number of nitrogens with two attached hydrogens (primary N) is 1. The molecular formula is C15H25N3O2. The Morgan fingerprint density at radius 2 is 2.15 bits per heavy atom. The van der Waals surface area contributed by atoms with Gasteiger partial charge < -0.3 is 15.8 Å². The van der Waals surface area contributed by atoms with Gasteiger partial charge in [0.2, 0.25) is 11.8 Å². The summed E-state index contributed by atoms with van der Waals surface area (Å²) in [5.41, 5.74) is 6.75. The quantitative estimate of drug-likeness (QED) is 0.798. The van der Waals surface area contributed by atoms with E-state index in [2.05, 4.69) is 10.3 Å². The van der Waals surface area contributed by atoms with Crippen LogP contribution in [0.4, 0.5) is 0 Å². The highest BCUT2D eigenvalue weighted by atomic mass is 16.5. The zero-order chi connectivity index (χ0) is 15.1. The molecule has 0 fully saturated rings. The van der Waals surface area contributed by atoms with Crippen molar-refractivity contribution < 1.29 is 9.53 Å². The second kappa shape index (κ2) is 7.85. The molecule has 1 aromatic rings. The zero-order valence-corrected chi connectivity index (χ0v) is 12.7. The van der Waals surface area contributed by atoms with E-state index in [1.807, 2.05) is 39.8 Å². The second-order valence-electron chi connectivity index (χ2n) is 5.26. The number of hydrogen-bond acceptors (Lipinski definition) is 4. The fourth-order valence-corrected chi connectivity index (χ4v) is 1.70. The molecule has 0 aromatic carbocycles. The molecule has 1 aromatic heterocycles. The summed E-state index contributed by atoms with van der Waals surface area (Å²) in [6.45, 7) is 8.25. The molecule has 0 saturated heterocycles. The monoisotopic (exact) mass is 279 g/mol. The van der Waals surface area contributed by atoms with Crippen LogP contribution in [0.25, 0.3) is 0 Å². The van der Waals surface area contributed by atoms with Gasteiger partial charge in [-0.25, -0.2) is 4.98 Å². The number of carbonyl (C=O) groups excluding carboxylic acids is 1. The van der Waals surface area contributed by atoms with Gasteiger partial charge in [0, 0.05) is 18.3 Å². The predicted octanol–water partition coefficient (Wildman–Crippen LogP) is 1.86. The van der Waals surface area contributed by atoms with Crippen LogP contribution in [0.5, 0.6) is 5.88 Å². The molecule has 1 heterocycles. The average Bonchev–Trinajstić information content (AvgIpc) is 2.43. The first-order valence-electron chi connectivity index (χ1n) is 7.09. The minimum Gasteiger partial charge on any atom is -0.475 e. The summed E-state index contributed by atoms with van der Waals surface area (Å²) in [7, 11) is 0. The van der Waals surface area contributed by atoms with Gasteiger partial charge in [-0.2, -0.15) is 0 Å². The molecule has 0 bridgehead atoms. The molecule has 1 rings (SSSR count). The Labute approximate surface area is 120 Å². The molecule has 1 amide bonds. The number of nitrogens with zero attached hydrogens (tertiary/aromatic N) is 1. The number of amides is 1. The molecule has 5 heteroatoms. The van der Waals surface area contributed by atoms with E-state index in [4.69, 9.17) is 10.5 Å². The van der Waals surface area contributed by atoms with Crippen molar-refractivity contribution in [3.8, 4) is 5.88 Å². The van der Waals surface area contributed by atoms with E-state index in [0.29, 0.717) is 12.4 Å². The summed E-state index contributed by atoms with van der Waals surface area (Å²) in [6.07, 6.45) is 2.60. The van der Waals surface area contributed by atoms with Gasteiger partial charge in [0.1, 0.15) is 0 Å². The van der Waals surface area contributed by atoms with E-state index in [0.717, 1.165) is 12.0 Å². The van der Waals surface area contributed by atoms with E-state index < -0.39 is 6.04 Å². The topological polar surface area (TPSA) is 77.2 Å². The lowest BCUT2D eigenvalue weighted by Gasteiger charge is -2.18. The lowest BCUT2D eigenvalue weighted by atomic mass is 9.99. The smallest absolute Gasteiger partial charge is 0.237 e. The summed E-state index contributed by atoms with van der Waals surface area (Å²) in [6, 6.07) is 3.23. The maximum atomic E-state index is 12.0. The molecule has 2 atom stereocenters. The number of hydrogen-bond donors (Lipinski definition) is 2. The first-order valence-corrected chi connectivity index (χ1v) is 7.09. The van der Waals surface area contributed by atoms with Gasteiger partial charge in [0.25, 0.3) is 0 Å². The molecule has 2 unspecified atom stereocenters. The first-order chi connectivity index (χ1) is 9.45. The molecule has 20 heavy (non-hydrogen) atoms. The molecular weight excluding hydrogens is 254 g/mol. The third-order valence-electron chi connectivity index (χ3n) is 3.21. The molecule has 0 aliphatic rings. The first kappa shape index (κ1) is 16.4. The number of aromatic nitrogens is 1. The number of pyridine rings is 1. The molecule has 0 aliphatic carbocycles. The average molecular weight is 279 g/mol. The van der Waals surface area contributed by atoms with Gasteiger partial charge >= 0.3 is 0 Å². The fraction of sp³-hybridized carbons (Fsp3) is 0.600. The highest BCUT2D eigenvalue weighted by Gasteiger charge is 2.19. The van der Waals surface area contributed by atoms with Crippen molar-refractivity contribution in [2.45, 2.75) is 52.8 Å². The van der Waals surface area contributed by atoms with Crippen LogP contribution in [0, 0.1) is 5.92 Å². The maximum Gasteiger partial charge on any atom is 0.237 e. The number of carbonyl (C=O) groups is 1. The van der Waals surface area contributed by atoms with Crippen LogP contribution in [-0.4, -0.2) is 23.0 Å². The van der Waals surface area contributed by atoms with Crippen molar-refractivity contribution in [2.75, 3.05) is 0 Å². The summed E-state index contributed by atoms with van der Waals surface area (Å²) < 4.78 is 5.61. The molecule has 112 valence electrons. The van der Waals surface area contributed by atoms with Gasteiger partial charge in [-0.3, -0.25) is 4.79 Å². The lowest BCUT2D eigenvalue weighted by molar-refractivity contribution is -0.123. The van der Waals surface area contributed by atoms with E-state index in [9.17, 15) is 4.79 Å². The molecule has 0 aliphatic heterocycles. The van der Waals surface area contributed by atoms with Crippen LogP contribution >= 0.6 is 0 Å². The Bertz CT molecular complexity index is 435. The molecule has 0 radical (unpaired) electrons. The highest BCUT2D eigenvalue weighted by Crippen LogP contribution is 2.15. The Morgan fingerprint density at radius 1 is 1.45 bits per heavy atom. The maximum absolute atomic E-state index is 12.0. The van der Waals surface area contributed by atoms with Gasteiger partial charge in [0.05, 0.1) is 12.1 Å². The second-order valence-corrected chi connectivity index (χ2v) is 5.26. The van der Waals surface area contributed by atoms with E-state index in [-0.39, 0.29) is 17.9 Å². The van der Waals surface area contributed by atoms with Crippen molar-refractivity contribution >= 4 is 5.91 Å². The van der Waals surface area contributed by atoms with Gasteiger partial charge in [-0.15, -0.1) is 0 Å². The van der Waals surface area contributed by atoms with E-state index in [1.54, 1.807) is 6.20 Å². The standard InChI is InChI=1S/C15H25N3O2/c1-5-11(4)13(16)14(19)18-9-12-7-6-8-17-15(12)20-10(2)3/h6-8,10-11,13H,5,9,16H2,1-4H3,(H,18,19). The van der Waals surface area contributed by atoms with Crippen LogP contribution in [0.15, 0.2) is 18.3 Å². The fourth-order valence-electron chi connectivity index (χ4n) is 1.70. The van der Waals surface area contributed by atoms with Crippen molar-refractivity contribution in [3.63, 3.8) is 0 Å². The normalized spacial score (nSPS) is 13.9. The summed E-state index contributed by atoms with van der Waals surface area (Å²) >= 11 is 0. The van der Waals surface area contributed by atoms with Crippen LogP contribution in [0.1, 0.15) is 39.7 Å². The molecule has 0 saturated carbocycles. The van der Waals surface area contributed by atoms with Gasteiger partial charge in [-0.1, -0.05) is 26.3 Å². The summed E-state index contributed by atoms with van der Waals surface area (Å²) in [4.78, 5) is 16.1. The molecule has 5 nitrogen and oxygen atoms in total. The zero-order valence-electron chi connectivity index (χ0n) is 12.7. The SMILES string of the molecule is CCC(C)C(N)C(=O)NCc1cccnc1OC(C)C. The molecule has 0 spiro atoms. The van der Waals surface area contributed by atoms with Crippen LogP contribution < -0.4 is 15.8 Å². The Morgan fingerprint density at radius 3 is 2.75 bits per heavy atom. The highest BCUT2D eigenvalue weighted by molar-refractivity contribution is 5.81. The molecule has 3 N–H and O–H groups in total. The summed E-state index contributed by atoms with van der Waals surface area (Å²) in [5, 5.41) is 2.84. The van der Waals surface area contributed by atoms with Crippen LogP contribution in [0.3, 0.4) is 0 Å². The Kier molecular flexibility index (Phi) is 6.45. The largest absolute Gasteiger partial charge is 0.475 e. The van der Waals surface area contributed by atoms with E-state index in [1.165, 1.54) is 0 Å². The third kappa shape index (κ3) is 4.81. The minimum absolute atomic E-state index is 0.0433. The van der Waals surface area contributed by atoms with Crippen LogP contribution in [-0.2, 0) is 11.3 Å². The van der Waals surface area contributed by atoms with Gasteiger partial charge in [-0.05, 0) is 25.8 Å². The van der Waals surface area contributed by atoms with E-state index >= 15 is 0 Å². The van der Waals surface area contributed by atoms with Crippen molar-refractivity contribution in [1.29, 1.82) is 0 Å². The van der Waals surface area contributed by atoms with Crippen molar-refractivity contribution in [1.82, 2.24) is 10.3 Å².